The molecule has 9 heteroatoms. The Balaban J connectivity index is 1.72. The number of thioether (sulfide) groups is 1. The van der Waals surface area contributed by atoms with Gasteiger partial charge in [-0.1, -0.05) is 43.8 Å². The predicted molar refractivity (Wildman–Crippen MR) is 106 cm³/mol. The Bertz CT molecular complexity index is 922. The highest BCUT2D eigenvalue weighted by Gasteiger charge is 2.19. The number of amides is 3. The molecule has 0 bridgehead atoms. The number of carbonyl (C=O) groups is 2. The van der Waals surface area contributed by atoms with Crippen molar-refractivity contribution in [1.29, 1.82) is 0 Å². The number of rotatable bonds is 7. The smallest absolute Gasteiger partial charge is 0.321 e. The van der Waals surface area contributed by atoms with E-state index in [9.17, 15) is 9.59 Å². The average molecular weight is 399 g/mol. The van der Waals surface area contributed by atoms with Crippen LogP contribution in [-0.4, -0.2) is 39.0 Å². The minimum absolute atomic E-state index is 0.0260. The van der Waals surface area contributed by atoms with Gasteiger partial charge in [0, 0.05) is 12.2 Å². The van der Waals surface area contributed by atoms with Gasteiger partial charge in [-0.15, -0.1) is 10.2 Å². The molecule has 0 saturated heterocycles. The number of carbonyl (C=O) groups excluding carboxylic acids is 2. The number of furan rings is 1. The van der Waals surface area contributed by atoms with E-state index in [2.05, 4.69) is 20.8 Å². The van der Waals surface area contributed by atoms with E-state index in [-0.39, 0.29) is 5.75 Å². The van der Waals surface area contributed by atoms with E-state index in [1.54, 1.807) is 18.4 Å². The lowest BCUT2D eigenvalue weighted by molar-refractivity contribution is -0.117. The molecule has 28 heavy (non-hydrogen) atoms. The summed E-state index contributed by atoms with van der Waals surface area (Å²) in [7, 11) is 0. The van der Waals surface area contributed by atoms with E-state index >= 15 is 0 Å². The van der Waals surface area contributed by atoms with Crippen molar-refractivity contribution in [3.63, 3.8) is 0 Å². The quantitative estimate of drug-likeness (QED) is 0.592. The van der Waals surface area contributed by atoms with Crippen molar-refractivity contribution >= 4 is 23.7 Å². The van der Waals surface area contributed by atoms with Gasteiger partial charge in [-0.2, -0.15) is 0 Å². The lowest BCUT2D eigenvalue weighted by Crippen LogP contribution is -2.41. The van der Waals surface area contributed by atoms with E-state index in [4.69, 9.17) is 4.42 Å². The number of aromatic nitrogens is 3. The molecule has 2 heterocycles. The third-order valence-electron chi connectivity index (χ3n) is 3.65. The molecule has 0 aliphatic rings. The van der Waals surface area contributed by atoms with Crippen molar-refractivity contribution in [1.82, 2.24) is 25.4 Å². The molecule has 3 amide bonds. The molecule has 1 aromatic carbocycles. The highest BCUT2D eigenvalue weighted by molar-refractivity contribution is 7.99. The zero-order valence-electron chi connectivity index (χ0n) is 15.6. The Kier molecular flexibility index (Phi) is 6.49. The molecule has 2 N–H and O–H groups in total. The monoisotopic (exact) mass is 399 g/mol. The fourth-order valence-electron chi connectivity index (χ4n) is 2.37. The second kappa shape index (κ2) is 9.23. The summed E-state index contributed by atoms with van der Waals surface area (Å²) in [5.41, 5.74) is 0.844. The van der Waals surface area contributed by atoms with Crippen LogP contribution in [0.15, 0.2) is 58.3 Å². The number of nitrogens with one attached hydrogen (secondary N) is 2. The summed E-state index contributed by atoms with van der Waals surface area (Å²) in [4.78, 5) is 23.8. The SMILES string of the molecule is CC(C)CNC(=O)NC(=O)CSc1nnc(-c2ccco2)n1-c1ccccc1. The number of nitrogens with zero attached hydrogens (tertiary/aromatic N) is 3. The van der Waals surface area contributed by atoms with Gasteiger partial charge in [-0.05, 0) is 30.2 Å². The molecular weight excluding hydrogens is 378 g/mol. The van der Waals surface area contributed by atoms with Gasteiger partial charge in [0.25, 0.3) is 0 Å². The summed E-state index contributed by atoms with van der Waals surface area (Å²) in [6.45, 7) is 4.46. The van der Waals surface area contributed by atoms with Gasteiger partial charge in [-0.3, -0.25) is 14.7 Å². The van der Waals surface area contributed by atoms with E-state index in [1.165, 1.54) is 11.8 Å². The third-order valence-corrected chi connectivity index (χ3v) is 4.57. The molecule has 0 aliphatic heterocycles. The first-order chi connectivity index (χ1) is 13.5. The molecule has 0 radical (unpaired) electrons. The van der Waals surface area contributed by atoms with E-state index < -0.39 is 11.9 Å². The van der Waals surface area contributed by atoms with Gasteiger partial charge in [0.15, 0.2) is 10.9 Å². The van der Waals surface area contributed by atoms with Gasteiger partial charge < -0.3 is 9.73 Å². The molecule has 8 nitrogen and oxygen atoms in total. The molecule has 2 aromatic heterocycles. The summed E-state index contributed by atoms with van der Waals surface area (Å²) >= 11 is 1.19. The molecule has 146 valence electrons. The second-order valence-corrected chi connectivity index (χ2v) is 7.34. The van der Waals surface area contributed by atoms with E-state index in [1.807, 2.05) is 48.7 Å². The van der Waals surface area contributed by atoms with Crippen molar-refractivity contribution in [3.8, 4) is 17.3 Å². The zero-order valence-corrected chi connectivity index (χ0v) is 16.4. The Morgan fingerprint density at radius 1 is 1.14 bits per heavy atom. The number of hydrogen-bond donors (Lipinski definition) is 2. The van der Waals surface area contributed by atoms with Crippen LogP contribution in [0.2, 0.25) is 0 Å². The van der Waals surface area contributed by atoms with Crippen molar-refractivity contribution in [3.05, 3.63) is 48.7 Å². The molecule has 3 rings (SSSR count). The van der Waals surface area contributed by atoms with Crippen LogP contribution in [0.1, 0.15) is 13.8 Å². The van der Waals surface area contributed by atoms with Gasteiger partial charge in [0.1, 0.15) is 0 Å². The van der Waals surface area contributed by atoms with E-state index in [0.29, 0.717) is 29.2 Å². The van der Waals surface area contributed by atoms with Gasteiger partial charge in [0.05, 0.1) is 12.0 Å². The fraction of sp³-hybridized carbons (Fsp3) is 0.263. The Morgan fingerprint density at radius 3 is 2.61 bits per heavy atom. The predicted octanol–water partition coefficient (Wildman–Crippen LogP) is 3.10. The van der Waals surface area contributed by atoms with Crippen LogP contribution in [-0.2, 0) is 4.79 Å². The maximum absolute atomic E-state index is 12.1. The molecule has 0 spiro atoms. The molecule has 0 fully saturated rings. The lowest BCUT2D eigenvalue weighted by atomic mass is 10.2. The summed E-state index contributed by atoms with van der Waals surface area (Å²) < 4.78 is 7.27. The number of urea groups is 1. The van der Waals surface area contributed by atoms with Crippen LogP contribution in [0.4, 0.5) is 4.79 Å². The number of para-hydroxylation sites is 1. The van der Waals surface area contributed by atoms with Crippen LogP contribution >= 0.6 is 11.8 Å². The lowest BCUT2D eigenvalue weighted by Gasteiger charge is -2.10. The average Bonchev–Trinajstić information content (AvgIpc) is 3.34. The standard InChI is InChI=1S/C19H21N5O3S/c1-13(2)11-20-18(26)21-16(25)12-28-19-23-22-17(15-9-6-10-27-15)24(19)14-7-4-3-5-8-14/h3-10,13H,11-12H2,1-2H3,(H2,20,21,25,26). The Labute approximate surface area is 166 Å². The number of hydrogen-bond acceptors (Lipinski definition) is 6. The van der Waals surface area contributed by atoms with Gasteiger partial charge in [0.2, 0.25) is 11.7 Å². The topological polar surface area (TPSA) is 102 Å². The minimum Gasteiger partial charge on any atom is -0.461 e. The maximum atomic E-state index is 12.1. The molecule has 3 aromatic rings. The molecule has 0 saturated carbocycles. The largest absolute Gasteiger partial charge is 0.461 e. The maximum Gasteiger partial charge on any atom is 0.321 e. The summed E-state index contributed by atoms with van der Waals surface area (Å²) in [5, 5.41) is 13.9. The number of imide groups is 1. The first-order valence-electron chi connectivity index (χ1n) is 8.79. The van der Waals surface area contributed by atoms with Crippen molar-refractivity contribution in [2.75, 3.05) is 12.3 Å². The van der Waals surface area contributed by atoms with Gasteiger partial charge >= 0.3 is 6.03 Å². The fourth-order valence-corrected chi connectivity index (χ4v) is 3.12. The Morgan fingerprint density at radius 2 is 1.93 bits per heavy atom. The van der Waals surface area contributed by atoms with Crippen molar-refractivity contribution in [2.45, 2.75) is 19.0 Å². The normalized spacial score (nSPS) is 10.8. The van der Waals surface area contributed by atoms with Crippen LogP contribution in [0.3, 0.4) is 0 Å². The number of benzene rings is 1. The van der Waals surface area contributed by atoms with Crippen LogP contribution < -0.4 is 10.6 Å². The second-order valence-electron chi connectivity index (χ2n) is 6.40. The van der Waals surface area contributed by atoms with Crippen molar-refractivity contribution in [2.24, 2.45) is 5.92 Å². The summed E-state index contributed by atoms with van der Waals surface area (Å²) in [5.74, 6) is 1.03. The van der Waals surface area contributed by atoms with Crippen LogP contribution in [0.5, 0.6) is 0 Å². The first kappa shape index (κ1) is 19.7. The summed E-state index contributed by atoms with van der Waals surface area (Å²) in [6, 6.07) is 12.6. The Hall–Kier alpha value is -3.07. The molecule has 0 unspecified atom stereocenters. The molecular formula is C19H21N5O3S. The minimum atomic E-state index is -0.500. The molecule has 0 aliphatic carbocycles. The summed E-state index contributed by atoms with van der Waals surface area (Å²) in [6.07, 6.45) is 1.56. The van der Waals surface area contributed by atoms with Crippen LogP contribution in [0.25, 0.3) is 17.3 Å². The first-order valence-corrected chi connectivity index (χ1v) is 9.78. The highest BCUT2D eigenvalue weighted by atomic mass is 32.2. The van der Waals surface area contributed by atoms with Crippen molar-refractivity contribution < 1.29 is 14.0 Å². The van der Waals surface area contributed by atoms with Crippen LogP contribution in [0, 0.1) is 5.92 Å². The molecule has 0 atom stereocenters. The highest BCUT2D eigenvalue weighted by Crippen LogP contribution is 2.27. The zero-order chi connectivity index (χ0) is 19.9. The van der Waals surface area contributed by atoms with Gasteiger partial charge in [-0.25, -0.2) is 4.79 Å². The van der Waals surface area contributed by atoms with E-state index in [0.717, 1.165) is 5.69 Å². The third kappa shape index (κ3) is 5.01.